The third-order valence-electron chi connectivity index (χ3n) is 1.18. The summed E-state index contributed by atoms with van der Waals surface area (Å²) in [6.07, 6.45) is 0.899. The van der Waals surface area contributed by atoms with Gasteiger partial charge in [-0.05, 0) is 6.42 Å². The van der Waals surface area contributed by atoms with Crippen LogP contribution in [-0.2, 0) is 0 Å². The predicted octanol–water partition coefficient (Wildman–Crippen LogP) is 0.303. The lowest BCUT2D eigenvalue weighted by atomic mass is 10.5. The molecule has 0 aromatic heterocycles. The maximum atomic E-state index is 11.3. The number of hydrogen-bond donors (Lipinski definition) is 1. The zero-order valence-electron chi connectivity index (χ0n) is 3.52. The van der Waals surface area contributed by atoms with Crippen molar-refractivity contribution in [3.63, 3.8) is 0 Å². The van der Waals surface area contributed by atoms with Gasteiger partial charge in [0.1, 0.15) is 0 Å². The minimum absolute atomic E-state index is 0.190. The Morgan fingerprint density at radius 3 is 2.33 bits per heavy atom. The summed E-state index contributed by atoms with van der Waals surface area (Å²) in [5.41, 5.74) is 5.24. The van der Waals surface area contributed by atoms with Crippen molar-refractivity contribution >= 4 is 0 Å². The van der Waals surface area contributed by atoms with Crippen LogP contribution in [0.3, 0.4) is 0 Å². The molecule has 36 valence electrons. The lowest BCUT2D eigenvalue weighted by Gasteiger charge is -1.76. The first kappa shape index (κ1) is 4.06. The topological polar surface area (TPSA) is 26.0 Å². The maximum absolute atomic E-state index is 11.3. The first-order chi connectivity index (χ1) is 2.84. The Kier molecular flexibility index (Phi) is 0.804. The van der Waals surface area contributed by atoms with Gasteiger partial charge in [0.25, 0.3) is 0 Å². The van der Waals surface area contributed by atoms with Crippen LogP contribution in [0.15, 0.2) is 0 Å². The molecule has 1 aliphatic carbocycles. The lowest BCUT2D eigenvalue weighted by molar-refractivity contribution is 0.452. The van der Waals surface area contributed by atoms with Crippen molar-refractivity contribution in [2.45, 2.75) is 12.5 Å². The van der Waals surface area contributed by atoms with Crippen molar-refractivity contribution in [1.29, 1.82) is 0 Å². The van der Waals surface area contributed by atoms with Gasteiger partial charge >= 0.3 is 0 Å². The van der Waals surface area contributed by atoms with E-state index in [1.54, 1.807) is 0 Å². The zero-order valence-corrected chi connectivity index (χ0v) is 3.52. The third-order valence-corrected chi connectivity index (χ3v) is 1.18. The van der Waals surface area contributed by atoms with Crippen LogP contribution in [-0.4, -0.2) is 12.7 Å². The molecule has 0 heterocycles. The fourth-order valence-corrected chi connectivity index (χ4v) is 0.448. The summed E-state index contributed by atoms with van der Waals surface area (Å²) in [5.74, 6) is 0.213. The van der Waals surface area contributed by atoms with Gasteiger partial charge in [0.15, 0.2) is 0 Å². The minimum Gasteiger partial charge on any atom is -0.327 e. The number of nitrogens with two attached hydrogens (primary N) is 1. The fourth-order valence-electron chi connectivity index (χ4n) is 0.448. The fraction of sp³-hybridized carbons (Fsp3) is 1.00. The van der Waals surface area contributed by atoms with E-state index in [1.807, 2.05) is 0 Å². The van der Waals surface area contributed by atoms with Crippen LogP contribution in [0.25, 0.3) is 0 Å². The molecule has 1 nitrogen and oxygen atoms in total. The smallest absolute Gasteiger partial charge is 0.0937 e. The molecule has 0 aromatic carbocycles. The van der Waals surface area contributed by atoms with Gasteiger partial charge in [0, 0.05) is 12.0 Å². The Labute approximate surface area is 36.3 Å². The van der Waals surface area contributed by atoms with E-state index >= 15 is 0 Å². The molecule has 0 unspecified atom stereocenters. The van der Waals surface area contributed by atoms with Gasteiger partial charge in [-0.25, -0.2) is 0 Å². The van der Waals surface area contributed by atoms with Crippen LogP contribution in [0, 0.1) is 5.92 Å². The lowest BCUT2D eigenvalue weighted by Crippen LogP contribution is -2.01. The van der Waals surface area contributed by atoms with Gasteiger partial charge in [-0.15, -0.1) is 0 Å². The Balaban J connectivity index is 2.09. The normalized spacial score (nSPS) is 43.0. The van der Waals surface area contributed by atoms with Gasteiger partial charge < -0.3 is 5.73 Å². The molecule has 1 fully saturated rings. The van der Waals surface area contributed by atoms with Crippen molar-refractivity contribution in [3.05, 3.63) is 0 Å². The third kappa shape index (κ3) is 0.522. The molecule has 2 heteroatoms. The van der Waals surface area contributed by atoms with E-state index in [2.05, 4.69) is 0 Å². The number of rotatable bonds is 1. The highest BCUT2D eigenvalue weighted by Gasteiger charge is 2.32. The quantitative estimate of drug-likeness (QED) is 0.491. The number of halogens is 1. The second-order valence-electron chi connectivity index (χ2n) is 1.81. The second-order valence-corrected chi connectivity index (χ2v) is 1.81. The van der Waals surface area contributed by atoms with Crippen LogP contribution in [0.4, 0.5) is 4.39 Å². The predicted molar refractivity (Wildman–Crippen MR) is 22.1 cm³/mol. The maximum Gasteiger partial charge on any atom is 0.0937 e. The standard InChI is InChI=1S/C4H8FN/c5-2-3-1-4(3)6/h3-4H,1-2,6H2/t3-,4-/m1/s1. The highest BCUT2D eigenvalue weighted by atomic mass is 19.1. The second kappa shape index (κ2) is 1.19. The summed E-state index contributed by atoms with van der Waals surface area (Å²) in [5, 5.41) is 0. The van der Waals surface area contributed by atoms with Gasteiger partial charge in [-0.2, -0.15) is 0 Å². The molecule has 1 aliphatic rings. The monoisotopic (exact) mass is 89.1 g/mol. The van der Waals surface area contributed by atoms with Crippen LogP contribution in [0.2, 0.25) is 0 Å². The van der Waals surface area contributed by atoms with Crippen LogP contribution in [0.5, 0.6) is 0 Å². The largest absolute Gasteiger partial charge is 0.327 e. The first-order valence-corrected chi connectivity index (χ1v) is 2.16. The molecule has 0 spiro atoms. The summed E-state index contributed by atoms with van der Waals surface area (Å²) in [4.78, 5) is 0. The SMILES string of the molecule is N[C@@H]1C[C@@H]1CF. The highest BCUT2D eigenvalue weighted by molar-refractivity contribution is 4.88. The van der Waals surface area contributed by atoms with Crippen molar-refractivity contribution < 1.29 is 4.39 Å². The van der Waals surface area contributed by atoms with Crippen molar-refractivity contribution in [2.24, 2.45) is 11.7 Å². The summed E-state index contributed by atoms with van der Waals surface area (Å²) >= 11 is 0. The van der Waals surface area contributed by atoms with Crippen LogP contribution < -0.4 is 5.73 Å². The first-order valence-electron chi connectivity index (χ1n) is 2.16. The number of hydrogen-bond acceptors (Lipinski definition) is 1. The van der Waals surface area contributed by atoms with Gasteiger partial charge in [0.2, 0.25) is 0 Å². The molecule has 0 bridgehead atoms. The molecule has 0 aliphatic heterocycles. The van der Waals surface area contributed by atoms with E-state index in [0.717, 1.165) is 6.42 Å². The molecule has 1 saturated carbocycles. The van der Waals surface area contributed by atoms with E-state index in [-0.39, 0.29) is 18.6 Å². The Hall–Kier alpha value is -0.110. The highest BCUT2D eigenvalue weighted by Crippen LogP contribution is 2.27. The minimum atomic E-state index is -0.221. The van der Waals surface area contributed by atoms with Crippen LogP contribution >= 0.6 is 0 Å². The van der Waals surface area contributed by atoms with Crippen molar-refractivity contribution in [3.8, 4) is 0 Å². The molecule has 0 radical (unpaired) electrons. The molecule has 1 rings (SSSR count). The van der Waals surface area contributed by atoms with Crippen molar-refractivity contribution in [2.75, 3.05) is 6.67 Å². The van der Waals surface area contributed by atoms with Gasteiger partial charge in [0.05, 0.1) is 6.67 Å². The Morgan fingerprint density at radius 1 is 1.83 bits per heavy atom. The molecule has 0 aromatic rings. The van der Waals surface area contributed by atoms with Gasteiger partial charge in [-0.1, -0.05) is 0 Å². The molecule has 2 atom stereocenters. The Bertz CT molecular complexity index is 53.5. The van der Waals surface area contributed by atoms with E-state index in [0.29, 0.717) is 0 Å². The van der Waals surface area contributed by atoms with E-state index < -0.39 is 0 Å². The van der Waals surface area contributed by atoms with E-state index in [9.17, 15) is 4.39 Å². The molecular formula is C4H8FN. The van der Waals surface area contributed by atoms with Crippen LogP contribution in [0.1, 0.15) is 6.42 Å². The molecule has 2 N–H and O–H groups in total. The Morgan fingerprint density at radius 2 is 2.33 bits per heavy atom. The summed E-state index contributed by atoms with van der Waals surface area (Å²) in [7, 11) is 0. The average molecular weight is 89.1 g/mol. The average Bonchev–Trinajstić information content (AvgIpc) is 2.19. The summed E-state index contributed by atoms with van der Waals surface area (Å²) < 4.78 is 11.3. The molecule has 6 heavy (non-hydrogen) atoms. The van der Waals surface area contributed by atoms with Crippen molar-refractivity contribution in [1.82, 2.24) is 0 Å². The summed E-state index contributed by atoms with van der Waals surface area (Å²) in [6, 6.07) is 0.190. The van der Waals surface area contributed by atoms with E-state index in [4.69, 9.17) is 5.73 Å². The molecular weight excluding hydrogens is 81.0 g/mol. The summed E-state index contributed by atoms with van der Waals surface area (Å²) in [6.45, 7) is -0.221. The molecule has 0 amide bonds. The number of alkyl halides is 1. The molecule has 0 saturated heterocycles. The van der Waals surface area contributed by atoms with E-state index in [1.165, 1.54) is 0 Å². The zero-order chi connectivity index (χ0) is 4.57. The van der Waals surface area contributed by atoms with Gasteiger partial charge in [-0.3, -0.25) is 4.39 Å².